The predicted molar refractivity (Wildman–Crippen MR) is 65.8 cm³/mol. The van der Waals surface area contributed by atoms with E-state index in [0.29, 0.717) is 24.9 Å². The summed E-state index contributed by atoms with van der Waals surface area (Å²) in [6.07, 6.45) is 2.62. The van der Waals surface area contributed by atoms with Crippen molar-refractivity contribution < 1.29 is 9.47 Å². The van der Waals surface area contributed by atoms with Crippen molar-refractivity contribution >= 4 is 5.82 Å². The van der Waals surface area contributed by atoms with Gasteiger partial charge in [-0.2, -0.15) is 4.98 Å². The van der Waals surface area contributed by atoms with Gasteiger partial charge in [-0.25, -0.2) is 10.8 Å². The normalized spacial score (nSPS) is 10.3. The van der Waals surface area contributed by atoms with E-state index >= 15 is 0 Å². The molecule has 0 saturated carbocycles. The zero-order valence-electron chi connectivity index (χ0n) is 10.4. The van der Waals surface area contributed by atoms with Gasteiger partial charge in [-0.15, -0.1) is 0 Å². The Bertz CT molecular complexity index is 333. The zero-order valence-corrected chi connectivity index (χ0v) is 10.4. The molecule has 96 valence electrons. The Labute approximate surface area is 102 Å². The lowest BCUT2D eigenvalue weighted by Gasteiger charge is -2.08. The lowest BCUT2D eigenvalue weighted by atomic mass is 10.3. The number of anilines is 1. The molecule has 17 heavy (non-hydrogen) atoms. The largest absolute Gasteiger partial charge is 0.477 e. The van der Waals surface area contributed by atoms with Gasteiger partial charge in [0.2, 0.25) is 5.88 Å². The summed E-state index contributed by atoms with van der Waals surface area (Å²) in [7, 11) is 1.67. The molecule has 0 aliphatic carbocycles. The first-order valence-corrected chi connectivity index (χ1v) is 5.76. The minimum atomic E-state index is 0.549. The van der Waals surface area contributed by atoms with Crippen molar-refractivity contribution in [1.29, 1.82) is 0 Å². The minimum absolute atomic E-state index is 0.549. The Kier molecular flexibility index (Phi) is 6.27. The molecule has 0 unspecified atom stereocenters. The van der Waals surface area contributed by atoms with Crippen molar-refractivity contribution in [3.8, 4) is 5.88 Å². The quantitative estimate of drug-likeness (QED) is 0.402. The Morgan fingerprint density at radius 2 is 2.18 bits per heavy atom. The highest BCUT2D eigenvalue weighted by Crippen LogP contribution is 2.13. The molecule has 0 aliphatic rings. The van der Waals surface area contributed by atoms with Crippen LogP contribution in [-0.4, -0.2) is 30.3 Å². The average Bonchev–Trinajstić information content (AvgIpc) is 2.35. The van der Waals surface area contributed by atoms with E-state index in [-0.39, 0.29) is 0 Å². The molecule has 0 spiro atoms. The SMILES string of the molecule is CCCc1nc(NN)cc(OCCCOC)n1. The monoisotopic (exact) mass is 240 g/mol. The van der Waals surface area contributed by atoms with Gasteiger partial charge in [-0.1, -0.05) is 6.92 Å². The second-order valence-corrected chi connectivity index (χ2v) is 3.60. The van der Waals surface area contributed by atoms with E-state index in [2.05, 4.69) is 22.3 Å². The van der Waals surface area contributed by atoms with Crippen LogP contribution in [0.15, 0.2) is 6.07 Å². The highest BCUT2D eigenvalue weighted by molar-refractivity contribution is 5.36. The molecular formula is C11H20N4O2. The third-order valence-electron chi connectivity index (χ3n) is 2.11. The van der Waals surface area contributed by atoms with Crippen LogP contribution in [0.3, 0.4) is 0 Å². The predicted octanol–water partition coefficient (Wildman–Crippen LogP) is 1.13. The number of nitrogens with zero attached hydrogens (tertiary/aromatic N) is 2. The molecule has 0 saturated heterocycles. The van der Waals surface area contributed by atoms with Crippen LogP contribution < -0.4 is 16.0 Å². The molecule has 0 atom stereocenters. The molecule has 0 radical (unpaired) electrons. The topological polar surface area (TPSA) is 82.3 Å². The number of nitrogens with one attached hydrogen (secondary N) is 1. The number of methoxy groups -OCH3 is 1. The lowest BCUT2D eigenvalue weighted by molar-refractivity contribution is 0.170. The first-order valence-electron chi connectivity index (χ1n) is 5.76. The van der Waals surface area contributed by atoms with Crippen molar-refractivity contribution in [3.63, 3.8) is 0 Å². The van der Waals surface area contributed by atoms with E-state index in [9.17, 15) is 0 Å². The molecule has 0 aromatic carbocycles. The molecule has 0 aliphatic heterocycles. The smallest absolute Gasteiger partial charge is 0.218 e. The highest BCUT2D eigenvalue weighted by Gasteiger charge is 2.04. The number of nitrogen functional groups attached to an aromatic ring is 1. The Hall–Kier alpha value is -1.40. The van der Waals surface area contributed by atoms with Crippen molar-refractivity contribution in [2.45, 2.75) is 26.2 Å². The van der Waals surface area contributed by atoms with Crippen molar-refractivity contribution in [3.05, 3.63) is 11.9 Å². The molecule has 0 fully saturated rings. The summed E-state index contributed by atoms with van der Waals surface area (Å²) in [6.45, 7) is 3.32. The van der Waals surface area contributed by atoms with Gasteiger partial charge in [0.15, 0.2) is 0 Å². The van der Waals surface area contributed by atoms with Gasteiger partial charge in [-0.05, 0) is 6.42 Å². The van der Waals surface area contributed by atoms with Crippen LogP contribution in [-0.2, 0) is 11.2 Å². The van der Waals surface area contributed by atoms with Gasteiger partial charge >= 0.3 is 0 Å². The third kappa shape index (κ3) is 4.97. The fourth-order valence-corrected chi connectivity index (χ4v) is 1.34. The van der Waals surface area contributed by atoms with Crippen LogP contribution in [0.25, 0.3) is 0 Å². The number of aromatic nitrogens is 2. The summed E-state index contributed by atoms with van der Waals surface area (Å²) < 4.78 is 10.5. The summed E-state index contributed by atoms with van der Waals surface area (Å²) in [5.74, 6) is 7.21. The van der Waals surface area contributed by atoms with E-state index in [0.717, 1.165) is 25.1 Å². The Balaban J connectivity index is 2.59. The number of hydrogen-bond acceptors (Lipinski definition) is 6. The van der Waals surface area contributed by atoms with Gasteiger partial charge in [0.05, 0.1) is 6.61 Å². The number of nitrogens with two attached hydrogens (primary N) is 1. The summed E-state index contributed by atoms with van der Waals surface area (Å²) in [5, 5.41) is 0. The van der Waals surface area contributed by atoms with E-state index < -0.39 is 0 Å². The molecule has 1 rings (SSSR count). The number of rotatable bonds is 8. The first kappa shape index (κ1) is 13.7. The third-order valence-corrected chi connectivity index (χ3v) is 2.11. The molecule has 1 aromatic heterocycles. The van der Waals surface area contributed by atoms with Crippen molar-refractivity contribution in [2.24, 2.45) is 5.84 Å². The number of aryl methyl sites for hydroxylation is 1. The summed E-state index contributed by atoms with van der Waals surface area (Å²) >= 11 is 0. The molecule has 3 N–H and O–H groups in total. The molecule has 0 amide bonds. The van der Waals surface area contributed by atoms with E-state index in [1.807, 2.05) is 0 Å². The van der Waals surface area contributed by atoms with Crippen LogP contribution in [0.2, 0.25) is 0 Å². The Morgan fingerprint density at radius 1 is 1.35 bits per heavy atom. The second-order valence-electron chi connectivity index (χ2n) is 3.60. The molecular weight excluding hydrogens is 220 g/mol. The maximum atomic E-state index is 5.51. The summed E-state index contributed by atoms with van der Waals surface area (Å²) in [4.78, 5) is 8.53. The molecule has 6 heteroatoms. The van der Waals surface area contributed by atoms with Crippen LogP contribution in [0, 0.1) is 0 Å². The first-order chi connectivity index (χ1) is 8.30. The number of hydrogen-bond donors (Lipinski definition) is 2. The number of hydrazine groups is 1. The summed E-state index contributed by atoms with van der Waals surface area (Å²) in [5.41, 5.74) is 2.51. The minimum Gasteiger partial charge on any atom is -0.477 e. The second kappa shape index (κ2) is 7.81. The molecule has 0 bridgehead atoms. The fourth-order valence-electron chi connectivity index (χ4n) is 1.34. The van der Waals surface area contributed by atoms with Gasteiger partial charge in [0.25, 0.3) is 0 Å². The van der Waals surface area contributed by atoms with Gasteiger partial charge < -0.3 is 14.9 Å². The van der Waals surface area contributed by atoms with E-state index in [4.69, 9.17) is 15.3 Å². The molecule has 1 heterocycles. The van der Waals surface area contributed by atoms with E-state index in [1.165, 1.54) is 0 Å². The van der Waals surface area contributed by atoms with Crippen LogP contribution in [0.4, 0.5) is 5.82 Å². The maximum Gasteiger partial charge on any atom is 0.218 e. The van der Waals surface area contributed by atoms with Crippen molar-refractivity contribution in [1.82, 2.24) is 9.97 Å². The van der Waals surface area contributed by atoms with Gasteiger partial charge in [0.1, 0.15) is 11.6 Å². The summed E-state index contributed by atoms with van der Waals surface area (Å²) in [6, 6.07) is 1.69. The average molecular weight is 240 g/mol. The zero-order chi connectivity index (χ0) is 12.5. The highest BCUT2D eigenvalue weighted by atomic mass is 16.5. The maximum absolute atomic E-state index is 5.51. The number of ether oxygens (including phenoxy) is 2. The van der Waals surface area contributed by atoms with Crippen molar-refractivity contribution in [2.75, 3.05) is 25.7 Å². The van der Waals surface area contributed by atoms with E-state index in [1.54, 1.807) is 13.2 Å². The molecule has 6 nitrogen and oxygen atoms in total. The fraction of sp³-hybridized carbons (Fsp3) is 0.636. The van der Waals surface area contributed by atoms with Crippen LogP contribution in [0.1, 0.15) is 25.6 Å². The van der Waals surface area contributed by atoms with Crippen LogP contribution >= 0.6 is 0 Å². The van der Waals surface area contributed by atoms with Gasteiger partial charge in [-0.3, -0.25) is 0 Å². The Morgan fingerprint density at radius 3 is 2.82 bits per heavy atom. The lowest BCUT2D eigenvalue weighted by Crippen LogP contribution is -2.12. The van der Waals surface area contributed by atoms with Crippen LogP contribution in [0.5, 0.6) is 5.88 Å². The van der Waals surface area contributed by atoms with Gasteiger partial charge in [0, 0.05) is 32.6 Å². The molecule has 1 aromatic rings. The standard InChI is InChI=1S/C11H20N4O2/c1-3-5-9-13-10(15-12)8-11(14-9)17-7-4-6-16-2/h8H,3-7,12H2,1-2H3,(H,13,14,15).